The Kier molecular flexibility index (Phi) is 4.63. The Hall–Kier alpha value is -3.88. The van der Waals surface area contributed by atoms with E-state index in [4.69, 9.17) is 18.6 Å². The molecule has 1 aliphatic heterocycles. The van der Waals surface area contributed by atoms with Crippen molar-refractivity contribution in [2.45, 2.75) is 12.0 Å². The summed E-state index contributed by atoms with van der Waals surface area (Å²) in [6.07, 6.45) is -0.817. The number of nitrogens with one attached hydrogen (secondary N) is 1. The number of methoxy groups -OCH3 is 2. The summed E-state index contributed by atoms with van der Waals surface area (Å²) in [5, 5.41) is 10.2. The molecule has 9 heteroatoms. The standard InChI is InChI=1S/C20H17N3O6/c1-26-14-8-13(9-15(10-14)27-2)16-22-23-18(28-16)20(17(24)21-19(25)29-20)11-12-6-4-3-5-7-12/h3-10H,11H2,1-2H3,(H,21,24,25). The maximum atomic E-state index is 12.6. The highest BCUT2D eigenvalue weighted by Gasteiger charge is 2.55. The number of cyclic esters (lactones) is 1. The van der Waals surface area contributed by atoms with Crippen molar-refractivity contribution < 1.29 is 28.2 Å². The number of benzene rings is 2. The third-order valence-corrected chi connectivity index (χ3v) is 4.51. The van der Waals surface area contributed by atoms with E-state index in [0.717, 1.165) is 5.56 Å². The number of alkyl carbamates (subject to hydrolysis) is 1. The van der Waals surface area contributed by atoms with E-state index in [9.17, 15) is 9.59 Å². The molecule has 0 saturated carbocycles. The number of ether oxygens (including phenoxy) is 3. The van der Waals surface area contributed by atoms with E-state index in [-0.39, 0.29) is 18.2 Å². The molecular weight excluding hydrogens is 378 g/mol. The van der Waals surface area contributed by atoms with Gasteiger partial charge in [-0.3, -0.25) is 10.1 Å². The maximum Gasteiger partial charge on any atom is 0.415 e. The second kappa shape index (κ2) is 7.27. The van der Waals surface area contributed by atoms with Gasteiger partial charge in [-0.2, -0.15) is 0 Å². The van der Waals surface area contributed by atoms with E-state index in [1.54, 1.807) is 18.2 Å². The highest BCUT2D eigenvalue weighted by molar-refractivity contribution is 6.03. The summed E-state index contributed by atoms with van der Waals surface area (Å²) in [5.41, 5.74) is -0.452. The first kappa shape index (κ1) is 18.5. The molecule has 1 aliphatic rings. The number of aromatic nitrogens is 2. The minimum atomic E-state index is -1.74. The smallest absolute Gasteiger partial charge is 0.415 e. The van der Waals surface area contributed by atoms with E-state index in [1.165, 1.54) is 14.2 Å². The zero-order valence-corrected chi connectivity index (χ0v) is 15.7. The maximum absolute atomic E-state index is 12.6. The number of hydrogen-bond acceptors (Lipinski definition) is 8. The first-order chi connectivity index (χ1) is 14.0. The molecule has 1 saturated heterocycles. The number of nitrogens with zero attached hydrogens (tertiary/aromatic N) is 2. The minimum absolute atomic E-state index is 0.0501. The van der Waals surface area contributed by atoms with Crippen molar-refractivity contribution in [3.05, 3.63) is 60.0 Å². The first-order valence-electron chi connectivity index (χ1n) is 8.70. The predicted molar refractivity (Wildman–Crippen MR) is 99.3 cm³/mol. The van der Waals surface area contributed by atoms with E-state index in [1.807, 2.05) is 30.3 Å². The van der Waals surface area contributed by atoms with Crippen LogP contribution in [0, 0.1) is 0 Å². The van der Waals surface area contributed by atoms with Crippen LogP contribution in [0.5, 0.6) is 11.5 Å². The van der Waals surface area contributed by atoms with Gasteiger partial charge in [0.05, 0.1) is 14.2 Å². The summed E-state index contributed by atoms with van der Waals surface area (Å²) in [6.45, 7) is 0. The normalized spacial score (nSPS) is 18.3. The third kappa shape index (κ3) is 3.38. The third-order valence-electron chi connectivity index (χ3n) is 4.51. The minimum Gasteiger partial charge on any atom is -0.497 e. The zero-order chi connectivity index (χ0) is 20.4. The van der Waals surface area contributed by atoms with Gasteiger partial charge in [-0.15, -0.1) is 10.2 Å². The molecule has 1 N–H and O–H groups in total. The van der Waals surface area contributed by atoms with Gasteiger partial charge < -0.3 is 18.6 Å². The van der Waals surface area contributed by atoms with Crippen molar-refractivity contribution in [2.75, 3.05) is 14.2 Å². The molecule has 148 valence electrons. The molecule has 3 aromatic rings. The fourth-order valence-corrected chi connectivity index (χ4v) is 3.07. The Labute approximate surface area is 165 Å². The van der Waals surface area contributed by atoms with Crippen LogP contribution in [0.25, 0.3) is 11.5 Å². The lowest BCUT2D eigenvalue weighted by Gasteiger charge is -2.20. The number of carbonyl (C=O) groups is 2. The van der Waals surface area contributed by atoms with Crippen molar-refractivity contribution in [1.29, 1.82) is 0 Å². The van der Waals surface area contributed by atoms with Crippen LogP contribution in [0.2, 0.25) is 0 Å². The van der Waals surface area contributed by atoms with Crippen molar-refractivity contribution >= 4 is 12.0 Å². The molecule has 0 aliphatic carbocycles. The zero-order valence-electron chi connectivity index (χ0n) is 15.7. The molecule has 1 aromatic heterocycles. The van der Waals surface area contributed by atoms with E-state index >= 15 is 0 Å². The quantitative estimate of drug-likeness (QED) is 0.677. The molecule has 1 unspecified atom stereocenters. The van der Waals surface area contributed by atoms with E-state index < -0.39 is 17.6 Å². The lowest BCUT2D eigenvalue weighted by molar-refractivity contribution is -0.133. The van der Waals surface area contributed by atoms with Crippen LogP contribution in [0.3, 0.4) is 0 Å². The fraction of sp³-hybridized carbons (Fsp3) is 0.200. The summed E-state index contributed by atoms with van der Waals surface area (Å²) < 4.78 is 21.6. The molecule has 29 heavy (non-hydrogen) atoms. The van der Waals surface area contributed by atoms with Gasteiger partial charge in [0.2, 0.25) is 5.89 Å². The van der Waals surface area contributed by atoms with E-state index in [0.29, 0.717) is 17.1 Å². The van der Waals surface area contributed by atoms with Crippen LogP contribution in [-0.2, 0) is 21.6 Å². The van der Waals surface area contributed by atoms with Gasteiger partial charge in [-0.05, 0) is 17.7 Å². The number of hydrogen-bond donors (Lipinski definition) is 1. The monoisotopic (exact) mass is 395 g/mol. The molecule has 0 spiro atoms. The molecule has 9 nitrogen and oxygen atoms in total. The molecular formula is C20H17N3O6. The summed E-state index contributed by atoms with van der Waals surface area (Å²) in [5.74, 6) is 0.401. The van der Waals surface area contributed by atoms with E-state index in [2.05, 4.69) is 15.5 Å². The Morgan fingerprint density at radius 1 is 1.00 bits per heavy atom. The van der Waals surface area contributed by atoms with Crippen molar-refractivity contribution in [2.24, 2.45) is 0 Å². The van der Waals surface area contributed by atoms with Gasteiger partial charge in [0, 0.05) is 18.1 Å². The van der Waals surface area contributed by atoms with Crippen LogP contribution in [0.1, 0.15) is 11.5 Å². The fourth-order valence-electron chi connectivity index (χ4n) is 3.07. The van der Waals surface area contributed by atoms with Crippen LogP contribution < -0.4 is 14.8 Å². The SMILES string of the molecule is COc1cc(OC)cc(-c2nnc(C3(Cc4ccccc4)OC(=O)NC3=O)o2)c1. The highest BCUT2D eigenvalue weighted by Crippen LogP contribution is 2.36. The van der Waals surface area contributed by atoms with Crippen LogP contribution in [0.15, 0.2) is 52.9 Å². The Morgan fingerprint density at radius 2 is 1.69 bits per heavy atom. The summed E-state index contributed by atoms with van der Waals surface area (Å²) in [4.78, 5) is 24.4. The van der Waals surface area contributed by atoms with Crippen LogP contribution >= 0.6 is 0 Å². The van der Waals surface area contributed by atoms with Crippen LogP contribution in [-0.4, -0.2) is 36.4 Å². The van der Waals surface area contributed by atoms with Crippen molar-refractivity contribution in [3.63, 3.8) is 0 Å². The molecule has 2 heterocycles. The lowest BCUT2D eigenvalue weighted by atomic mass is 9.93. The van der Waals surface area contributed by atoms with Crippen LogP contribution in [0.4, 0.5) is 4.79 Å². The highest BCUT2D eigenvalue weighted by atomic mass is 16.6. The second-order valence-electron chi connectivity index (χ2n) is 6.35. The first-order valence-corrected chi connectivity index (χ1v) is 8.70. The van der Waals surface area contributed by atoms with Gasteiger partial charge in [-0.1, -0.05) is 30.3 Å². The molecule has 1 fully saturated rings. The molecule has 0 bridgehead atoms. The summed E-state index contributed by atoms with van der Waals surface area (Å²) in [6, 6.07) is 14.2. The number of rotatable bonds is 6. The lowest BCUT2D eigenvalue weighted by Crippen LogP contribution is -2.39. The van der Waals surface area contributed by atoms with Gasteiger partial charge in [0.25, 0.3) is 17.4 Å². The largest absolute Gasteiger partial charge is 0.497 e. The second-order valence-corrected chi connectivity index (χ2v) is 6.35. The average Bonchev–Trinajstić information content (AvgIpc) is 3.34. The average molecular weight is 395 g/mol. The van der Waals surface area contributed by atoms with Crippen molar-refractivity contribution in [3.8, 4) is 23.0 Å². The molecule has 2 aromatic carbocycles. The van der Waals surface area contributed by atoms with Crippen molar-refractivity contribution in [1.82, 2.24) is 15.5 Å². The number of imide groups is 1. The molecule has 1 atom stereocenters. The number of amides is 2. The summed E-state index contributed by atoms with van der Waals surface area (Å²) >= 11 is 0. The molecule has 4 rings (SSSR count). The van der Waals surface area contributed by atoms with Gasteiger partial charge >= 0.3 is 6.09 Å². The predicted octanol–water partition coefficient (Wildman–Crippen LogP) is 2.46. The van der Waals surface area contributed by atoms with Gasteiger partial charge in [-0.25, -0.2) is 4.79 Å². The van der Waals surface area contributed by atoms with Gasteiger partial charge in [0.15, 0.2) is 0 Å². The Bertz CT molecular complexity index is 1040. The topological polar surface area (TPSA) is 113 Å². The Morgan fingerprint density at radius 3 is 2.28 bits per heavy atom. The van der Waals surface area contributed by atoms with Gasteiger partial charge in [0.1, 0.15) is 11.5 Å². The summed E-state index contributed by atoms with van der Waals surface area (Å²) in [7, 11) is 3.05. The molecule has 2 amide bonds. The number of carbonyl (C=O) groups excluding carboxylic acids is 2. The molecule has 0 radical (unpaired) electrons. The Balaban J connectivity index is 1.76.